The molecular formula is C15H24N2O16P2. The molecule has 1 unspecified atom stereocenters. The molecule has 0 amide bonds. The largest absolute Gasteiger partial charge is 0.484 e. The number of nitrogens with one attached hydrogen (secondary N) is 1. The van der Waals surface area contributed by atoms with E-state index in [0.717, 1.165) is 23.8 Å². The van der Waals surface area contributed by atoms with Crippen LogP contribution in [0.15, 0.2) is 21.9 Å². The lowest BCUT2D eigenvalue weighted by atomic mass is 10.1. The first-order chi connectivity index (χ1) is 16.1. The first-order valence-corrected chi connectivity index (χ1v) is 12.6. The van der Waals surface area contributed by atoms with Crippen molar-refractivity contribution in [3.63, 3.8) is 0 Å². The molecule has 0 bridgehead atoms. The summed E-state index contributed by atoms with van der Waals surface area (Å²) in [6.45, 7) is -0.0970. The van der Waals surface area contributed by atoms with Crippen LogP contribution in [-0.4, -0.2) is 100 Å². The van der Waals surface area contributed by atoms with Gasteiger partial charge in [-0.3, -0.25) is 23.4 Å². The zero-order valence-corrected chi connectivity index (χ0v) is 19.5. The Hall–Kier alpha value is -1.63. The Kier molecular flexibility index (Phi) is 9.82. The number of aliphatic hydroxyl groups excluding tert-OH is 5. The maximum absolute atomic E-state index is 12.8. The Labute approximate surface area is 195 Å². The number of carbonyl (C=O) groups is 1. The highest BCUT2D eigenvalue weighted by Gasteiger charge is 2.47. The van der Waals surface area contributed by atoms with Crippen LogP contribution in [0.3, 0.4) is 0 Å². The van der Waals surface area contributed by atoms with E-state index < -0.39 is 82.5 Å². The van der Waals surface area contributed by atoms with E-state index in [2.05, 4.69) is 4.31 Å². The first-order valence-electron chi connectivity index (χ1n) is 9.61. The summed E-state index contributed by atoms with van der Waals surface area (Å²) in [7, 11) is -10.9. The van der Waals surface area contributed by atoms with E-state index in [1.165, 1.54) is 0 Å². The van der Waals surface area contributed by atoms with E-state index >= 15 is 0 Å². The second kappa shape index (κ2) is 11.6. The number of carbonyl (C=O) groups excluding carboxylic acids is 1. The van der Waals surface area contributed by atoms with Gasteiger partial charge in [-0.2, -0.15) is 4.31 Å². The van der Waals surface area contributed by atoms with Crippen molar-refractivity contribution in [2.45, 2.75) is 55.9 Å². The van der Waals surface area contributed by atoms with Crippen LogP contribution in [0.2, 0.25) is 0 Å². The summed E-state index contributed by atoms with van der Waals surface area (Å²) in [6.07, 6.45) is -14.1. The molecule has 2 heterocycles. The molecule has 2 rings (SSSR count). The van der Waals surface area contributed by atoms with Crippen LogP contribution in [0, 0.1) is 0 Å². The van der Waals surface area contributed by atoms with Crippen LogP contribution in [0.4, 0.5) is 0 Å². The molecule has 9 atom stereocenters. The molecule has 1 aliphatic heterocycles. The average molecular weight is 550 g/mol. The number of ether oxygens (including phenoxy) is 1. The van der Waals surface area contributed by atoms with Gasteiger partial charge in [0.25, 0.3) is 5.56 Å². The summed E-state index contributed by atoms with van der Waals surface area (Å²) in [5.41, 5.74) is -1.76. The molecule has 0 radical (unpaired) electrons. The zero-order chi connectivity index (χ0) is 26.7. The number of aromatic amines is 1. The van der Waals surface area contributed by atoms with Crippen LogP contribution in [0.5, 0.6) is 0 Å². The minimum Gasteiger partial charge on any atom is -0.388 e. The standard InChI is InChI=1S/C15H24N2O16P2/c1-6(10(21)11(22)7(19)4-18)32-35(29,33-34(26,27)28)30-5-8-12(23)13(24)14(31-8)17-3-2-9(20)16-15(17)25/h2-4,6-8,10-14,19,21-24H,5H2,1H3,(H,16,20,25)(H2,26,27,28)/t6-,7+,8-,10-,11-,12-,13-,14-,35?/m1/s1. The SMILES string of the molecule is C[C@@H](OP(=O)(OC[C@H]1O[C@@H](n2ccc(=O)[nH]c2=O)[C@H](O)[C@@H]1O)OP(=O)(O)O)[C@@H](O)[C@H](O)[C@@H](O)C=O. The van der Waals surface area contributed by atoms with Gasteiger partial charge in [-0.05, 0) is 6.92 Å². The average Bonchev–Trinajstić information content (AvgIpc) is 3.03. The maximum Gasteiger partial charge on any atom is 0.484 e. The number of nitrogens with zero attached hydrogens (tertiary/aromatic N) is 1. The van der Waals surface area contributed by atoms with Gasteiger partial charge in [0.05, 0.1) is 12.7 Å². The van der Waals surface area contributed by atoms with Crippen LogP contribution >= 0.6 is 15.6 Å². The van der Waals surface area contributed by atoms with Crippen LogP contribution in [0.25, 0.3) is 0 Å². The van der Waals surface area contributed by atoms with Crippen LogP contribution < -0.4 is 11.2 Å². The quantitative estimate of drug-likeness (QED) is 0.0911. The number of phosphoric acid groups is 2. The van der Waals surface area contributed by atoms with Crippen molar-refractivity contribution in [2.75, 3.05) is 6.61 Å². The molecule has 8 N–H and O–H groups in total. The van der Waals surface area contributed by atoms with Gasteiger partial charge in [0.1, 0.15) is 36.6 Å². The molecule has 18 nitrogen and oxygen atoms in total. The van der Waals surface area contributed by atoms with Gasteiger partial charge in [-0.25, -0.2) is 13.9 Å². The predicted molar refractivity (Wildman–Crippen MR) is 109 cm³/mol. The highest BCUT2D eigenvalue weighted by molar-refractivity contribution is 7.61. The summed E-state index contributed by atoms with van der Waals surface area (Å²) in [4.78, 5) is 53.6. The summed E-state index contributed by atoms with van der Waals surface area (Å²) in [5, 5.41) is 49.3. The van der Waals surface area contributed by atoms with Gasteiger partial charge in [0.15, 0.2) is 12.5 Å². The number of rotatable bonds is 12. The maximum atomic E-state index is 12.8. The summed E-state index contributed by atoms with van der Waals surface area (Å²) in [6, 6.07) is 0.923. The third kappa shape index (κ3) is 7.68. The van der Waals surface area contributed by atoms with Crippen molar-refractivity contribution in [3.8, 4) is 0 Å². The van der Waals surface area contributed by atoms with Gasteiger partial charge in [0, 0.05) is 12.3 Å². The van der Waals surface area contributed by atoms with Crippen molar-refractivity contribution in [2.24, 2.45) is 0 Å². The highest BCUT2D eigenvalue weighted by Crippen LogP contribution is 2.62. The molecule has 1 saturated heterocycles. The van der Waals surface area contributed by atoms with Gasteiger partial charge in [-0.15, -0.1) is 0 Å². The Morgan fingerprint density at radius 2 is 1.80 bits per heavy atom. The Morgan fingerprint density at radius 3 is 2.34 bits per heavy atom. The molecule has 20 heteroatoms. The van der Waals surface area contributed by atoms with Crippen molar-refractivity contribution < 1.29 is 67.3 Å². The molecule has 0 aromatic carbocycles. The van der Waals surface area contributed by atoms with Crippen LogP contribution in [0.1, 0.15) is 13.2 Å². The topological polar surface area (TPSA) is 285 Å². The molecular weight excluding hydrogens is 526 g/mol. The van der Waals surface area contributed by atoms with E-state index in [-0.39, 0.29) is 6.29 Å². The number of hydrogen-bond donors (Lipinski definition) is 8. The summed E-state index contributed by atoms with van der Waals surface area (Å²) < 4.78 is 43.6. The normalized spacial score (nSPS) is 28.1. The zero-order valence-electron chi connectivity index (χ0n) is 17.7. The molecule has 0 spiro atoms. The Morgan fingerprint density at radius 1 is 1.17 bits per heavy atom. The summed E-state index contributed by atoms with van der Waals surface area (Å²) >= 11 is 0. The van der Waals surface area contributed by atoms with Crippen molar-refractivity contribution >= 4 is 21.9 Å². The molecule has 0 aliphatic carbocycles. The van der Waals surface area contributed by atoms with Gasteiger partial charge in [-0.1, -0.05) is 0 Å². The van der Waals surface area contributed by atoms with Crippen molar-refractivity contribution in [1.82, 2.24) is 9.55 Å². The minimum atomic E-state index is -5.58. The third-order valence-electron chi connectivity index (χ3n) is 4.68. The first kappa shape index (κ1) is 29.6. The van der Waals surface area contributed by atoms with E-state index in [0.29, 0.717) is 0 Å². The van der Waals surface area contributed by atoms with Crippen molar-refractivity contribution in [3.05, 3.63) is 33.1 Å². The van der Waals surface area contributed by atoms with E-state index in [1.807, 2.05) is 4.98 Å². The number of aromatic nitrogens is 2. The number of H-pyrrole nitrogens is 1. The molecule has 1 fully saturated rings. The van der Waals surface area contributed by atoms with Crippen molar-refractivity contribution in [1.29, 1.82) is 0 Å². The van der Waals surface area contributed by atoms with E-state index in [1.54, 1.807) is 0 Å². The molecule has 1 aromatic rings. The second-order valence-electron chi connectivity index (χ2n) is 7.30. The molecule has 1 aliphatic rings. The fourth-order valence-corrected chi connectivity index (χ4v) is 5.23. The number of hydrogen-bond acceptors (Lipinski definition) is 14. The van der Waals surface area contributed by atoms with Gasteiger partial charge >= 0.3 is 21.3 Å². The van der Waals surface area contributed by atoms with E-state index in [4.69, 9.17) is 23.6 Å². The lowest BCUT2D eigenvalue weighted by molar-refractivity contribution is -0.132. The molecule has 0 saturated carbocycles. The monoisotopic (exact) mass is 550 g/mol. The van der Waals surface area contributed by atoms with Gasteiger partial charge in [0.2, 0.25) is 0 Å². The number of aliphatic hydroxyl groups is 5. The van der Waals surface area contributed by atoms with E-state index in [9.17, 15) is 49.0 Å². The smallest absolute Gasteiger partial charge is 0.388 e. The lowest BCUT2D eigenvalue weighted by Crippen LogP contribution is -2.44. The molecule has 1 aromatic heterocycles. The predicted octanol–water partition coefficient (Wildman–Crippen LogP) is -3.92. The van der Waals surface area contributed by atoms with Gasteiger partial charge < -0.3 is 44.9 Å². The fraction of sp³-hybridized carbons (Fsp3) is 0.667. The minimum absolute atomic E-state index is 0.128. The number of aldehydes is 1. The highest BCUT2D eigenvalue weighted by atomic mass is 31.3. The third-order valence-corrected chi connectivity index (χ3v) is 7.39. The Bertz CT molecular complexity index is 1090. The number of phosphoric ester groups is 1. The van der Waals surface area contributed by atoms with Crippen LogP contribution in [-0.2, 0) is 32.0 Å². The second-order valence-corrected chi connectivity index (χ2v) is 10.3. The summed E-state index contributed by atoms with van der Waals surface area (Å²) in [5.74, 6) is 0. The lowest BCUT2D eigenvalue weighted by Gasteiger charge is -2.28. The Balaban J connectivity index is 2.18. The molecule has 35 heavy (non-hydrogen) atoms. The molecule has 200 valence electrons. The fourth-order valence-electron chi connectivity index (χ4n) is 2.92.